The summed E-state index contributed by atoms with van der Waals surface area (Å²) in [7, 11) is -3.40. The number of benzene rings is 1. The summed E-state index contributed by atoms with van der Waals surface area (Å²) < 4.78 is 28.5. The van der Waals surface area contributed by atoms with Gasteiger partial charge in [0, 0.05) is 50.3 Å². The molecule has 0 N–H and O–H groups in total. The van der Waals surface area contributed by atoms with Crippen LogP contribution in [0, 0.1) is 6.92 Å². The van der Waals surface area contributed by atoms with Crippen molar-refractivity contribution >= 4 is 21.4 Å². The quantitative estimate of drug-likeness (QED) is 0.797. The van der Waals surface area contributed by atoms with Crippen molar-refractivity contribution in [2.75, 3.05) is 32.7 Å². The standard InChI is InChI=1S/C16H21N3O3S2/c1-14-13-23-16(20)19(14)12-9-17-7-10-18(11-8-17)24(21,22)15-5-3-2-4-6-15/h2-6,13H,7-12H2,1H3. The van der Waals surface area contributed by atoms with E-state index in [1.165, 1.54) is 11.3 Å². The third kappa shape index (κ3) is 3.61. The predicted molar refractivity (Wildman–Crippen MR) is 95.0 cm³/mol. The molecule has 0 radical (unpaired) electrons. The van der Waals surface area contributed by atoms with Crippen LogP contribution >= 0.6 is 11.3 Å². The Balaban J connectivity index is 1.57. The maximum Gasteiger partial charge on any atom is 0.307 e. The fourth-order valence-electron chi connectivity index (χ4n) is 2.85. The molecule has 1 aromatic carbocycles. The molecule has 0 spiro atoms. The Labute approximate surface area is 146 Å². The molecule has 1 aliphatic heterocycles. The van der Waals surface area contributed by atoms with Gasteiger partial charge in [-0.3, -0.25) is 9.69 Å². The Kier molecular flexibility index (Phi) is 5.19. The van der Waals surface area contributed by atoms with Crippen molar-refractivity contribution < 1.29 is 8.42 Å². The van der Waals surface area contributed by atoms with Gasteiger partial charge in [0.15, 0.2) is 0 Å². The first-order valence-electron chi connectivity index (χ1n) is 7.91. The molecule has 130 valence electrons. The van der Waals surface area contributed by atoms with Crippen molar-refractivity contribution in [2.45, 2.75) is 18.4 Å². The zero-order valence-electron chi connectivity index (χ0n) is 13.6. The molecule has 2 heterocycles. The fourth-order valence-corrected chi connectivity index (χ4v) is 5.06. The van der Waals surface area contributed by atoms with Crippen molar-refractivity contribution in [3.05, 3.63) is 51.1 Å². The smallest absolute Gasteiger partial charge is 0.302 e. The van der Waals surface area contributed by atoms with Gasteiger partial charge in [-0.2, -0.15) is 4.31 Å². The molecule has 0 unspecified atom stereocenters. The molecule has 6 nitrogen and oxygen atoms in total. The van der Waals surface area contributed by atoms with Crippen LogP contribution in [-0.2, 0) is 16.6 Å². The van der Waals surface area contributed by atoms with E-state index >= 15 is 0 Å². The minimum absolute atomic E-state index is 0.0674. The minimum atomic E-state index is -3.40. The number of rotatable bonds is 5. The van der Waals surface area contributed by atoms with Crippen molar-refractivity contribution in [3.63, 3.8) is 0 Å². The molecule has 0 saturated carbocycles. The molecule has 1 fully saturated rings. The van der Waals surface area contributed by atoms with Crippen LogP contribution in [0.2, 0.25) is 0 Å². The molecule has 8 heteroatoms. The fraction of sp³-hybridized carbons (Fsp3) is 0.438. The molecule has 0 bridgehead atoms. The zero-order chi connectivity index (χ0) is 17.2. The minimum Gasteiger partial charge on any atom is -0.302 e. The van der Waals surface area contributed by atoms with Crippen molar-refractivity contribution in [1.82, 2.24) is 13.8 Å². The van der Waals surface area contributed by atoms with Gasteiger partial charge in [0.05, 0.1) is 4.90 Å². The number of nitrogens with zero attached hydrogens (tertiary/aromatic N) is 3. The summed E-state index contributed by atoms with van der Waals surface area (Å²) in [6.45, 7) is 5.68. The average Bonchev–Trinajstić information content (AvgIpc) is 2.92. The summed E-state index contributed by atoms with van der Waals surface area (Å²) in [6, 6.07) is 8.56. The molecular formula is C16H21N3O3S2. The molecule has 0 atom stereocenters. The highest BCUT2D eigenvalue weighted by Crippen LogP contribution is 2.17. The highest BCUT2D eigenvalue weighted by molar-refractivity contribution is 7.89. The predicted octanol–water partition coefficient (Wildman–Crippen LogP) is 1.22. The molecule has 0 amide bonds. The Morgan fingerprint density at radius 2 is 1.71 bits per heavy atom. The molecule has 0 aliphatic carbocycles. The van der Waals surface area contributed by atoms with E-state index in [0.717, 1.165) is 12.2 Å². The zero-order valence-corrected chi connectivity index (χ0v) is 15.2. The second-order valence-corrected chi connectivity index (χ2v) is 8.61. The van der Waals surface area contributed by atoms with Gasteiger partial charge in [-0.05, 0) is 19.1 Å². The molecule has 1 aromatic heterocycles. The van der Waals surface area contributed by atoms with E-state index in [2.05, 4.69) is 4.90 Å². The highest BCUT2D eigenvalue weighted by atomic mass is 32.2. The Morgan fingerprint density at radius 3 is 2.29 bits per heavy atom. The maximum absolute atomic E-state index is 12.6. The van der Waals surface area contributed by atoms with Crippen LogP contribution in [0.3, 0.4) is 0 Å². The van der Waals surface area contributed by atoms with Gasteiger partial charge in [-0.25, -0.2) is 8.42 Å². The summed E-state index contributed by atoms with van der Waals surface area (Å²) in [5, 5.41) is 1.87. The number of thiazole rings is 1. The summed E-state index contributed by atoms with van der Waals surface area (Å²) in [6.07, 6.45) is 0. The lowest BCUT2D eigenvalue weighted by atomic mass is 10.3. The van der Waals surface area contributed by atoms with Crippen LogP contribution < -0.4 is 4.87 Å². The number of aromatic nitrogens is 1. The van der Waals surface area contributed by atoms with E-state index in [9.17, 15) is 13.2 Å². The third-order valence-corrected chi connectivity index (χ3v) is 7.12. The van der Waals surface area contributed by atoms with Gasteiger partial charge < -0.3 is 4.57 Å². The van der Waals surface area contributed by atoms with Gasteiger partial charge in [-0.15, -0.1) is 0 Å². The first-order valence-corrected chi connectivity index (χ1v) is 10.2. The van der Waals surface area contributed by atoms with Crippen LogP contribution in [0.5, 0.6) is 0 Å². The van der Waals surface area contributed by atoms with Crippen LogP contribution in [0.25, 0.3) is 0 Å². The number of hydrogen-bond donors (Lipinski definition) is 0. The van der Waals surface area contributed by atoms with E-state index in [1.807, 2.05) is 18.4 Å². The van der Waals surface area contributed by atoms with E-state index in [0.29, 0.717) is 37.6 Å². The van der Waals surface area contributed by atoms with Crippen LogP contribution in [0.1, 0.15) is 5.69 Å². The van der Waals surface area contributed by atoms with Crippen molar-refractivity contribution in [3.8, 4) is 0 Å². The van der Waals surface area contributed by atoms with Crippen LogP contribution in [0.4, 0.5) is 0 Å². The SMILES string of the molecule is Cc1csc(=O)n1CCN1CCN(S(=O)(=O)c2ccccc2)CC1. The van der Waals surface area contributed by atoms with Gasteiger partial charge in [0.25, 0.3) is 0 Å². The van der Waals surface area contributed by atoms with Gasteiger partial charge in [-0.1, -0.05) is 29.5 Å². The van der Waals surface area contributed by atoms with E-state index in [1.54, 1.807) is 33.1 Å². The van der Waals surface area contributed by atoms with Gasteiger partial charge in [0.2, 0.25) is 10.0 Å². The van der Waals surface area contributed by atoms with Gasteiger partial charge >= 0.3 is 4.87 Å². The Bertz CT molecular complexity index is 835. The Morgan fingerprint density at radius 1 is 1.04 bits per heavy atom. The number of hydrogen-bond acceptors (Lipinski definition) is 5. The molecule has 24 heavy (non-hydrogen) atoms. The molecule has 1 saturated heterocycles. The largest absolute Gasteiger partial charge is 0.307 e. The third-order valence-electron chi connectivity index (χ3n) is 4.33. The summed E-state index contributed by atoms with van der Waals surface area (Å²) in [5.41, 5.74) is 0.982. The summed E-state index contributed by atoms with van der Waals surface area (Å²) in [5.74, 6) is 0. The molecule has 3 rings (SSSR count). The number of piperazine rings is 1. The Hall–Kier alpha value is -1.48. The normalized spacial score (nSPS) is 17.2. The lowest BCUT2D eigenvalue weighted by Crippen LogP contribution is -2.49. The number of sulfonamides is 1. The monoisotopic (exact) mass is 367 g/mol. The molecular weight excluding hydrogens is 346 g/mol. The van der Waals surface area contributed by atoms with Gasteiger partial charge in [0.1, 0.15) is 0 Å². The highest BCUT2D eigenvalue weighted by Gasteiger charge is 2.28. The van der Waals surface area contributed by atoms with E-state index < -0.39 is 10.0 Å². The first-order chi connectivity index (χ1) is 11.5. The summed E-state index contributed by atoms with van der Waals surface area (Å²) in [4.78, 5) is 14.4. The second kappa shape index (κ2) is 7.18. The van der Waals surface area contributed by atoms with E-state index in [4.69, 9.17) is 0 Å². The lowest BCUT2D eigenvalue weighted by Gasteiger charge is -2.34. The summed E-state index contributed by atoms with van der Waals surface area (Å²) >= 11 is 1.22. The molecule has 1 aliphatic rings. The van der Waals surface area contributed by atoms with Crippen LogP contribution in [0.15, 0.2) is 45.4 Å². The van der Waals surface area contributed by atoms with Crippen LogP contribution in [-0.4, -0.2) is 54.9 Å². The first kappa shape index (κ1) is 17.3. The topological polar surface area (TPSA) is 62.6 Å². The number of aryl methyl sites for hydroxylation is 1. The van der Waals surface area contributed by atoms with E-state index in [-0.39, 0.29) is 4.87 Å². The second-order valence-electron chi connectivity index (χ2n) is 5.85. The van der Waals surface area contributed by atoms with Crippen molar-refractivity contribution in [1.29, 1.82) is 0 Å². The lowest BCUT2D eigenvalue weighted by molar-refractivity contribution is 0.182. The van der Waals surface area contributed by atoms with Crippen molar-refractivity contribution in [2.24, 2.45) is 0 Å². The maximum atomic E-state index is 12.6. The molecule has 2 aromatic rings. The average molecular weight is 367 g/mol.